The average molecular weight is 213 g/mol. The van der Waals surface area contributed by atoms with E-state index in [-0.39, 0.29) is 18.6 Å². The Morgan fingerprint density at radius 3 is 3.13 bits per heavy atom. The number of hydrogen-bond donors (Lipinski definition) is 3. The van der Waals surface area contributed by atoms with Gasteiger partial charge in [-0.3, -0.25) is 9.89 Å². The van der Waals surface area contributed by atoms with Crippen molar-refractivity contribution in [2.45, 2.75) is 12.5 Å². The number of rotatable bonds is 6. The van der Waals surface area contributed by atoms with Crippen molar-refractivity contribution in [1.82, 2.24) is 15.5 Å². The molecule has 1 atom stereocenters. The molecule has 1 amide bonds. The van der Waals surface area contributed by atoms with Gasteiger partial charge in [-0.15, -0.1) is 0 Å². The minimum atomic E-state index is -0.247. The molecule has 1 heterocycles. The Labute approximate surface area is 87.6 Å². The average Bonchev–Trinajstić information content (AvgIpc) is 2.71. The zero-order chi connectivity index (χ0) is 11.1. The predicted molar refractivity (Wildman–Crippen MR) is 53.4 cm³/mol. The highest BCUT2D eigenvalue weighted by molar-refractivity contribution is 5.92. The van der Waals surface area contributed by atoms with E-state index in [0.29, 0.717) is 18.7 Å². The normalized spacial score (nSPS) is 12.4. The summed E-state index contributed by atoms with van der Waals surface area (Å²) in [4.78, 5) is 11.5. The summed E-state index contributed by atoms with van der Waals surface area (Å²) in [6.07, 6.45) is 1.97. The Bertz CT molecular complexity index is 281. The summed E-state index contributed by atoms with van der Waals surface area (Å²) in [5.74, 6) is -0.247. The van der Waals surface area contributed by atoms with E-state index in [1.165, 1.54) is 6.20 Å². The molecule has 0 radical (unpaired) electrons. The van der Waals surface area contributed by atoms with Gasteiger partial charge in [-0.25, -0.2) is 0 Å². The monoisotopic (exact) mass is 213 g/mol. The molecule has 0 aromatic carbocycles. The highest BCUT2D eigenvalue weighted by Gasteiger charge is 2.13. The summed E-state index contributed by atoms with van der Waals surface area (Å²) >= 11 is 0. The van der Waals surface area contributed by atoms with Crippen molar-refractivity contribution < 1.29 is 14.6 Å². The lowest BCUT2D eigenvalue weighted by atomic mass is 10.2. The summed E-state index contributed by atoms with van der Waals surface area (Å²) in [7, 11) is 1.55. The lowest BCUT2D eigenvalue weighted by Crippen LogP contribution is -2.38. The highest BCUT2D eigenvalue weighted by Crippen LogP contribution is 1.96. The van der Waals surface area contributed by atoms with E-state index in [1.54, 1.807) is 13.2 Å². The maximum atomic E-state index is 11.5. The van der Waals surface area contributed by atoms with Gasteiger partial charge in [0.15, 0.2) is 0 Å². The lowest BCUT2D eigenvalue weighted by Gasteiger charge is -2.15. The molecule has 0 aliphatic rings. The first-order valence-corrected chi connectivity index (χ1v) is 4.68. The number of aliphatic hydroxyl groups excluding tert-OH is 1. The molecule has 6 nitrogen and oxygen atoms in total. The van der Waals surface area contributed by atoms with Gasteiger partial charge in [0.05, 0.1) is 12.6 Å². The second-order valence-corrected chi connectivity index (χ2v) is 3.11. The molecule has 0 spiro atoms. The largest absolute Gasteiger partial charge is 0.396 e. The first-order chi connectivity index (χ1) is 7.27. The predicted octanol–water partition coefficient (Wildman–Crippen LogP) is -0.463. The Kier molecular flexibility index (Phi) is 4.79. The fraction of sp³-hybridized carbons (Fsp3) is 0.556. The molecule has 1 unspecified atom stereocenters. The third kappa shape index (κ3) is 3.69. The van der Waals surface area contributed by atoms with Crippen LogP contribution in [-0.4, -0.2) is 47.6 Å². The minimum Gasteiger partial charge on any atom is -0.396 e. The molecular weight excluding hydrogens is 198 g/mol. The van der Waals surface area contributed by atoms with Crippen molar-refractivity contribution in [2.24, 2.45) is 0 Å². The van der Waals surface area contributed by atoms with Crippen LogP contribution in [0.3, 0.4) is 0 Å². The van der Waals surface area contributed by atoms with Crippen LogP contribution in [0.15, 0.2) is 12.3 Å². The number of aromatic amines is 1. The molecular formula is C9H15N3O3. The maximum absolute atomic E-state index is 11.5. The molecule has 0 saturated carbocycles. The first-order valence-electron chi connectivity index (χ1n) is 4.68. The zero-order valence-corrected chi connectivity index (χ0v) is 8.56. The van der Waals surface area contributed by atoms with Crippen LogP contribution >= 0.6 is 0 Å². The molecule has 3 N–H and O–H groups in total. The number of aliphatic hydroxyl groups is 1. The van der Waals surface area contributed by atoms with Crippen molar-refractivity contribution >= 4 is 5.91 Å². The van der Waals surface area contributed by atoms with Crippen LogP contribution in [0.4, 0.5) is 0 Å². The molecule has 0 fully saturated rings. The number of carbonyl (C=O) groups excluding carboxylic acids is 1. The summed E-state index contributed by atoms with van der Waals surface area (Å²) in [6, 6.07) is 1.40. The number of nitrogens with zero attached hydrogens (tertiary/aromatic N) is 1. The number of carbonyl (C=O) groups is 1. The summed E-state index contributed by atoms with van der Waals surface area (Å²) < 4.78 is 4.92. The fourth-order valence-corrected chi connectivity index (χ4v) is 1.20. The zero-order valence-electron chi connectivity index (χ0n) is 8.56. The van der Waals surface area contributed by atoms with E-state index in [0.717, 1.165) is 0 Å². The molecule has 1 rings (SSSR count). The number of ether oxygens (including phenoxy) is 1. The van der Waals surface area contributed by atoms with E-state index >= 15 is 0 Å². The number of aromatic nitrogens is 2. The van der Waals surface area contributed by atoms with Crippen LogP contribution in [-0.2, 0) is 4.74 Å². The van der Waals surface area contributed by atoms with Crippen LogP contribution in [0.25, 0.3) is 0 Å². The van der Waals surface area contributed by atoms with E-state index in [4.69, 9.17) is 9.84 Å². The molecule has 6 heteroatoms. The minimum absolute atomic E-state index is 0.0112. The van der Waals surface area contributed by atoms with E-state index < -0.39 is 0 Å². The third-order valence-electron chi connectivity index (χ3n) is 1.93. The summed E-state index contributed by atoms with van der Waals surface area (Å²) in [6.45, 7) is 0.387. The Morgan fingerprint density at radius 2 is 2.60 bits per heavy atom. The van der Waals surface area contributed by atoms with Crippen molar-refractivity contribution in [1.29, 1.82) is 0 Å². The third-order valence-corrected chi connectivity index (χ3v) is 1.93. The molecule has 15 heavy (non-hydrogen) atoms. The first kappa shape index (κ1) is 11.7. The molecule has 1 aromatic heterocycles. The van der Waals surface area contributed by atoms with Gasteiger partial charge in [-0.05, 0) is 12.5 Å². The summed E-state index contributed by atoms with van der Waals surface area (Å²) in [5.41, 5.74) is 0.397. The topological polar surface area (TPSA) is 87.2 Å². The number of methoxy groups -OCH3 is 1. The fourth-order valence-electron chi connectivity index (χ4n) is 1.20. The van der Waals surface area contributed by atoms with Gasteiger partial charge in [-0.1, -0.05) is 0 Å². The van der Waals surface area contributed by atoms with Crippen LogP contribution < -0.4 is 5.32 Å². The molecule has 0 aliphatic heterocycles. The van der Waals surface area contributed by atoms with E-state index in [1.807, 2.05) is 0 Å². The van der Waals surface area contributed by atoms with Crippen molar-refractivity contribution in [2.75, 3.05) is 20.3 Å². The smallest absolute Gasteiger partial charge is 0.269 e. The number of amides is 1. The van der Waals surface area contributed by atoms with Gasteiger partial charge in [-0.2, -0.15) is 5.10 Å². The quantitative estimate of drug-likeness (QED) is 0.596. The van der Waals surface area contributed by atoms with Crippen molar-refractivity contribution in [3.8, 4) is 0 Å². The standard InChI is InChI=1S/C9H15N3O3/c1-15-6-7(3-5-13)11-9(14)8-2-4-10-12-8/h2,4,7,13H,3,5-6H2,1H3,(H,10,12)(H,11,14). The van der Waals surface area contributed by atoms with Crippen molar-refractivity contribution in [3.63, 3.8) is 0 Å². The van der Waals surface area contributed by atoms with Gasteiger partial charge in [0.25, 0.3) is 5.91 Å². The van der Waals surface area contributed by atoms with Gasteiger partial charge in [0.1, 0.15) is 5.69 Å². The number of hydrogen-bond acceptors (Lipinski definition) is 4. The van der Waals surface area contributed by atoms with Crippen LogP contribution in [0.5, 0.6) is 0 Å². The van der Waals surface area contributed by atoms with Crippen molar-refractivity contribution in [3.05, 3.63) is 18.0 Å². The van der Waals surface area contributed by atoms with Gasteiger partial charge < -0.3 is 15.2 Å². The number of nitrogens with one attached hydrogen (secondary N) is 2. The molecule has 0 bridgehead atoms. The molecule has 0 aliphatic carbocycles. The van der Waals surface area contributed by atoms with Gasteiger partial charge in [0, 0.05) is 19.9 Å². The second-order valence-electron chi connectivity index (χ2n) is 3.11. The Morgan fingerprint density at radius 1 is 1.80 bits per heavy atom. The van der Waals surface area contributed by atoms with E-state index in [2.05, 4.69) is 15.5 Å². The maximum Gasteiger partial charge on any atom is 0.269 e. The molecule has 0 saturated heterocycles. The van der Waals surface area contributed by atoms with E-state index in [9.17, 15) is 4.79 Å². The van der Waals surface area contributed by atoms with Crippen LogP contribution in [0, 0.1) is 0 Å². The van der Waals surface area contributed by atoms with Crippen LogP contribution in [0.2, 0.25) is 0 Å². The summed E-state index contributed by atoms with van der Waals surface area (Å²) in [5, 5.41) is 17.7. The van der Waals surface area contributed by atoms with Crippen LogP contribution in [0.1, 0.15) is 16.9 Å². The Hall–Kier alpha value is -1.40. The number of H-pyrrole nitrogens is 1. The second kappa shape index (κ2) is 6.15. The van der Waals surface area contributed by atoms with Gasteiger partial charge in [0.2, 0.25) is 0 Å². The highest BCUT2D eigenvalue weighted by atomic mass is 16.5. The molecule has 84 valence electrons. The van der Waals surface area contributed by atoms with Gasteiger partial charge >= 0.3 is 0 Å². The Balaban J connectivity index is 2.47. The lowest BCUT2D eigenvalue weighted by molar-refractivity contribution is 0.0874. The SMILES string of the molecule is COCC(CCO)NC(=O)c1ccn[nH]1. The molecule has 1 aromatic rings.